The van der Waals surface area contributed by atoms with E-state index in [4.69, 9.17) is 9.97 Å². The van der Waals surface area contributed by atoms with Gasteiger partial charge in [-0.25, -0.2) is 9.97 Å². The standard InChI is InChI=1S/C27H21F3N6O2/c1-31-25-19-8-9-36(26(37)22-12-16-11-18(38-27(28,29)30)6-7-21(16)33-22)14-23(19)34-24(35-25)17-10-15-4-2-3-5-20(15)32-13-17/h2-7,10-13,33H,8-9,14H2,1H3,(H,31,34,35). The molecule has 0 spiro atoms. The highest BCUT2D eigenvalue weighted by molar-refractivity contribution is 5.98. The Hall–Kier alpha value is -4.67. The third kappa shape index (κ3) is 4.47. The molecule has 1 aliphatic rings. The summed E-state index contributed by atoms with van der Waals surface area (Å²) in [6, 6.07) is 15.2. The third-order valence-corrected chi connectivity index (χ3v) is 6.49. The highest BCUT2D eigenvalue weighted by atomic mass is 19.4. The number of aromatic nitrogens is 4. The molecule has 0 radical (unpaired) electrons. The lowest BCUT2D eigenvalue weighted by atomic mass is 10.0. The van der Waals surface area contributed by atoms with Crippen LogP contribution in [0.5, 0.6) is 5.75 Å². The van der Waals surface area contributed by atoms with E-state index in [-0.39, 0.29) is 23.9 Å². The molecule has 6 rings (SSSR count). The van der Waals surface area contributed by atoms with Crippen molar-refractivity contribution in [1.29, 1.82) is 0 Å². The van der Waals surface area contributed by atoms with Crippen molar-refractivity contribution < 1.29 is 22.7 Å². The molecule has 38 heavy (non-hydrogen) atoms. The Morgan fingerprint density at radius 1 is 1.08 bits per heavy atom. The van der Waals surface area contributed by atoms with Gasteiger partial charge in [0, 0.05) is 47.2 Å². The summed E-state index contributed by atoms with van der Waals surface area (Å²) < 4.78 is 41.8. The maximum atomic E-state index is 13.4. The van der Waals surface area contributed by atoms with Crippen molar-refractivity contribution in [3.8, 4) is 17.1 Å². The first-order chi connectivity index (χ1) is 18.3. The molecule has 192 valence electrons. The van der Waals surface area contributed by atoms with Crippen LogP contribution < -0.4 is 10.1 Å². The van der Waals surface area contributed by atoms with Gasteiger partial charge >= 0.3 is 6.36 Å². The average Bonchev–Trinajstić information content (AvgIpc) is 3.34. The van der Waals surface area contributed by atoms with Gasteiger partial charge in [0.15, 0.2) is 5.82 Å². The zero-order valence-electron chi connectivity index (χ0n) is 20.1. The van der Waals surface area contributed by atoms with E-state index in [0.717, 1.165) is 27.7 Å². The number of amides is 1. The lowest BCUT2D eigenvalue weighted by molar-refractivity contribution is -0.274. The quantitative estimate of drug-likeness (QED) is 0.335. The predicted molar refractivity (Wildman–Crippen MR) is 136 cm³/mol. The van der Waals surface area contributed by atoms with Crippen LogP contribution in [0.15, 0.2) is 60.8 Å². The van der Waals surface area contributed by atoms with Crippen molar-refractivity contribution in [2.45, 2.75) is 19.3 Å². The summed E-state index contributed by atoms with van der Waals surface area (Å²) in [7, 11) is 1.80. The molecular formula is C27H21F3N6O2. The summed E-state index contributed by atoms with van der Waals surface area (Å²) in [4.78, 5) is 32.0. The molecule has 0 saturated carbocycles. The van der Waals surface area contributed by atoms with Crippen LogP contribution in [0.25, 0.3) is 33.2 Å². The molecule has 0 unspecified atom stereocenters. The molecule has 4 heterocycles. The number of pyridine rings is 1. The Balaban J connectivity index is 1.29. The van der Waals surface area contributed by atoms with Crippen molar-refractivity contribution in [2.24, 2.45) is 0 Å². The molecule has 1 aliphatic heterocycles. The van der Waals surface area contributed by atoms with E-state index >= 15 is 0 Å². The molecule has 2 N–H and O–H groups in total. The molecule has 0 atom stereocenters. The number of nitrogens with one attached hydrogen (secondary N) is 2. The molecule has 3 aromatic heterocycles. The maximum absolute atomic E-state index is 13.4. The average molecular weight is 518 g/mol. The molecule has 0 fully saturated rings. The molecule has 2 aromatic carbocycles. The van der Waals surface area contributed by atoms with Gasteiger partial charge in [0.1, 0.15) is 17.3 Å². The maximum Gasteiger partial charge on any atom is 0.573 e. The van der Waals surface area contributed by atoms with Gasteiger partial charge < -0.3 is 19.9 Å². The third-order valence-electron chi connectivity index (χ3n) is 6.49. The highest BCUT2D eigenvalue weighted by Crippen LogP contribution is 2.30. The van der Waals surface area contributed by atoms with Gasteiger partial charge in [-0.2, -0.15) is 0 Å². The van der Waals surface area contributed by atoms with Gasteiger partial charge in [-0.15, -0.1) is 13.2 Å². The summed E-state index contributed by atoms with van der Waals surface area (Å²) in [5, 5.41) is 4.56. The first-order valence-corrected chi connectivity index (χ1v) is 11.9. The number of halogens is 3. The van der Waals surface area contributed by atoms with Crippen LogP contribution in [0.2, 0.25) is 0 Å². The predicted octanol–water partition coefficient (Wildman–Crippen LogP) is 5.31. The number of rotatable bonds is 4. The minimum Gasteiger partial charge on any atom is -0.406 e. The highest BCUT2D eigenvalue weighted by Gasteiger charge is 2.31. The van der Waals surface area contributed by atoms with Crippen molar-refractivity contribution in [3.63, 3.8) is 0 Å². The molecule has 11 heteroatoms. The van der Waals surface area contributed by atoms with Crippen LogP contribution in [-0.4, -0.2) is 50.7 Å². The van der Waals surface area contributed by atoms with E-state index in [1.54, 1.807) is 18.1 Å². The number of aromatic amines is 1. The normalized spacial score (nSPS) is 13.5. The second kappa shape index (κ2) is 9.02. The summed E-state index contributed by atoms with van der Waals surface area (Å²) in [5.41, 5.74) is 4.11. The Labute approximate surface area is 214 Å². The van der Waals surface area contributed by atoms with E-state index in [2.05, 4.69) is 20.0 Å². The van der Waals surface area contributed by atoms with E-state index in [0.29, 0.717) is 35.5 Å². The van der Waals surface area contributed by atoms with E-state index < -0.39 is 6.36 Å². The Morgan fingerprint density at radius 3 is 2.74 bits per heavy atom. The second-order valence-electron chi connectivity index (χ2n) is 8.94. The number of ether oxygens (including phenoxy) is 1. The minimum absolute atomic E-state index is 0.261. The van der Waals surface area contributed by atoms with Gasteiger partial charge in [-0.05, 0) is 42.8 Å². The van der Waals surface area contributed by atoms with Crippen LogP contribution in [0.1, 0.15) is 21.7 Å². The number of carbonyl (C=O) groups excluding carboxylic acids is 1. The first-order valence-electron chi connectivity index (χ1n) is 11.9. The summed E-state index contributed by atoms with van der Waals surface area (Å²) >= 11 is 0. The number of fused-ring (bicyclic) bond motifs is 3. The van der Waals surface area contributed by atoms with Crippen molar-refractivity contribution in [2.75, 3.05) is 18.9 Å². The number of carbonyl (C=O) groups is 1. The summed E-state index contributed by atoms with van der Waals surface area (Å²) in [6.07, 6.45) is -2.51. The second-order valence-corrected chi connectivity index (χ2v) is 8.94. The first kappa shape index (κ1) is 23.7. The van der Waals surface area contributed by atoms with Gasteiger partial charge in [-0.1, -0.05) is 18.2 Å². The van der Waals surface area contributed by atoms with E-state index in [1.807, 2.05) is 30.3 Å². The lowest BCUT2D eigenvalue weighted by Gasteiger charge is -2.29. The minimum atomic E-state index is -4.79. The van der Waals surface area contributed by atoms with Gasteiger partial charge in [-0.3, -0.25) is 9.78 Å². The zero-order valence-corrected chi connectivity index (χ0v) is 20.1. The Bertz CT molecular complexity index is 1700. The summed E-state index contributed by atoms with van der Waals surface area (Å²) in [5.74, 6) is 0.585. The smallest absolute Gasteiger partial charge is 0.406 e. The lowest BCUT2D eigenvalue weighted by Crippen LogP contribution is -2.37. The monoisotopic (exact) mass is 518 g/mol. The largest absolute Gasteiger partial charge is 0.573 e. The van der Waals surface area contributed by atoms with E-state index in [1.165, 1.54) is 24.3 Å². The fourth-order valence-corrected chi connectivity index (χ4v) is 4.73. The van der Waals surface area contributed by atoms with Crippen LogP contribution in [0, 0.1) is 0 Å². The Morgan fingerprint density at radius 2 is 1.92 bits per heavy atom. The summed E-state index contributed by atoms with van der Waals surface area (Å²) in [6.45, 7) is 0.704. The van der Waals surface area contributed by atoms with Crippen LogP contribution in [-0.2, 0) is 13.0 Å². The number of H-pyrrole nitrogens is 1. The number of alkyl halides is 3. The molecule has 0 bridgehead atoms. The molecule has 1 amide bonds. The van der Waals surface area contributed by atoms with Gasteiger partial charge in [0.25, 0.3) is 5.91 Å². The van der Waals surface area contributed by atoms with Crippen LogP contribution >= 0.6 is 0 Å². The molecule has 0 saturated heterocycles. The van der Waals surface area contributed by atoms with Gasteiger partial charge in [0.05, 0.1) is 17.8 Å². The zero-order chi connectivity index (χ0) is 26.4. The number of hydrogen-bond donors (Lipinski definition) is 2. The number of hydrogen-bond acceptors (Lipinski definition) is 6. The number of benzene rings is 2. The SMILES string of the molecule is CNc1nc(-c2cnc3ccccc3c2)nc2c1CCN(C(=O)c1cc3cc(OC(F)(F)F)ccc3[nH]1)C2. The topological polar surface area (TPSA) is 96.0 Å². The number of nitrogens with zero attached hydrogens (tertiary/aromatic N) is 4. The fraction of sp³-hybridized carbons (Fsp3) is 0.185. The van der Waals surface area contributed by atoms with Gasteiger partial charge in [0.2, 0.25) is 0 Å². The molecular weight excluding hydrogens is 497 g/mol. The van der Waals surface area contributed by atoms with Crippen LogP contribution in [0.3, 0.4) is 0 Å². The number of anilines is 1. The Kier molecular flexibility index (Phi) is 5.63. The molecule has 5 aromatic rings. The van der Waals surface area contributed by atoms with Crippen molar-refractivity contribution >= 4 is 33.5 Å². The molecule has 0 aliphatic carbocycles. The van der Waals surface area contributed by atoms with E-state index in [9.17, 15) is 18.0 Å². The van der Waals surface area contributed by atoms with Crippen LogP contribution in [0.4, 0.5) is 19.0 Å². The molecule has 8 nitrogen and oxygen atoms in total. The van der Waals surface area contributed by atoms with Crippen molar-refractivity contribution in [3.05, 3.63) is 77.7 Å². The number of para-hydroxylation sites is 1. The van der Waals surface area contributed by atoms with Crippen molar-refractivity contribution in [1.82, 2.24) is 24.8 Å². The fourth-order valence-electron chi connectivity index (χ4n) is 4.73.